The lowest BCUT2D eigenvalue weighted by atomic mass is 10.3. The third-order valence-electron chi connectivity index (χ3n) is 1.85. The second kappa shape index (κ2) is 4.13. The number of aryl methyl sites for hydroxylation is 1. The summed E-state index contributed by atoms with van der Waals surface area (Å²) in [4.78, 5) is 4.06. The Balaban J connectivity index is 1.99. The van der Waals surface area contributed by atoms with Gasteiger partial charge < -0.3 is 9.15 Å². The van der Waals surface area contributed by atoms with E-state index in [0.717, 1.165) is 0 Å². The summed E-state index contributed by atoms with van der Waals surface area (Å²) in [6.45, 7) is 2.03. The number of rotatable bonds is 3. The lowest BCUT2D eigenvalue weighted by Gasteiger charge is -2.02. The molecule has 15 heavy (non-hydrogen) atoms. The zero-order valence-electron chi connectivity index (χ0n) is 8.24. The van der Waals surface area contributed by atoms with Crippen LogP contribution in [0, 0.1) is 12.7 Å². The summed E-state index contributed by atoms with van der Waals surface area (Å²) in [5.41, 5.74) is 0.691. The first-order valence-electron chi connectivity index (χ1n) is 4.53. The Bertz CT molecular complexity index is 453. The van der Waals surface area contributed by atoms with Crippen molar-refractivity contribution in [2.24, 2.45) is 0 Å². The third kappa shape index (κ3) is 2.56. The molecule has 4 heteroatoms. The molecule has 0 aliphatic rings. The summed E-state index contributed by atoms with van der Waals surface area (Å²) in [6, 6.07) is 5.98. The van der Waals surface area contributed by atoms with Gasteiger partial charge in [0.15, 0.2) is 5.89 Å². The molecule has 0 bridgehead atoms. The van der Waals surface area contributed by atoms with Crippen LogP contribution in [0.3, 0.4) is 0 Å². The number of aromatic nitrogens is 1. The highest BCUT2D eigenvalue weighted by Gasteiger charge is 2.01. The molecular weight excluding hydrogens is 197 g/mol. The summed E-state index contributed by atoms with van der Waals surface area (Å²) < 4.78 is 23.1. The minimum absolute atomic E-state index is 0.279. The van der Waals surface area contributed by atoms with Gasteiger partial charge in [0.2, 0.25) is 0 Å². The fraction of sp³-hybridized carbons (Fsp3) is 0.182. The fourth-order valence-electron chi connectivity index (χ4n) is 1.19. The average molecular weight is 207 g/mol. The van der Waals surface area contributed by atoms with Crippen molar-refractivity contribution in [1.82, 2.24) is 4.98 Å². The molecule has 0 fully saturated rings. The second-order valence-corrected chi connectivity index (χ2v) is 3.10. The van der Waals surface area contributed by atoms with E-state index in [0.29, 0.717) is 17.3 Å². The van der Waals surface area contributed by atoms with Crippen molar-refractivity contribution in [3.05, 3.63) is 47.9 Å². The van der Waals surface area contributed by atoms with Gasteiger partial charge in [-0.3, -0.25) is 0 Å². The number of halogens is 1. The molecule has 0 N–H and O–H groups in total. The van der Waals surface area contributed by atoms with E-state index >= 15 is 0 Å². The number of hydrogen-bond acceptors (Lipinski definition) is 3. The van der Waals surface area contributed by atoms with E-state index in [2.05, 4.69) is 4.98 Å². The SMILES string of the molecule is Cc1nc(COc2cccc(F)c2)co1. The molecule has 0 amide bonds. The van der Waals surface area contributed by atoms with Crippen LogP contribution >= 0.6 is 0 Å². The molecule has 0 unspecified atom stereocenters. The quantitative estimate of drug-likeness (QED) is 0.776. The Kier molecular flexibility index (Phi) is 2.67. The van der Waals surface area contributed by atoms with Crippen LogP contribution in [-0.2, 0) is 6.61 Å². The van der Waals surface area contributed by atoms with Gasteiger partial charge in [0, 0.05) is 13.0 Å². The van der Waals surface area contributed by atoms with Crippen LogP contribution in [0.25, 0.3) is 0 Å². The topological polar surface area (TPSA) is 35.3 Å². The van der Waals surface area contributed by atoms with Crippen LogP contribution in [0.15, 0.2) is 34.9 Å². The molecule has 0 atom stereocenters. The largest absolute Gasteiger partial charge is 0.487 e. The third-order valence-corrected chi connectivity index (χ3v) is 1.85. The Hall–Kier alpha value is -1.84. The molecular formula is C11H10FNO2. The van der Waals surface area contributed by atoms with Gasteiger partial charge in [-0.05, 0) is 12.1 Å². The zero-order chi connectivity index (χ0) is 10.7. The summed E-state index contributed by atoms with van der Waals surface area (Å²) >= 11 is 0. The fourth-order valence-corrected chi connectivity index (χ4v) is 1.19. The van der Waals surface area contributed by atoms with E-state index < -0.39 is 0 Å². The maximum atomic E-state index is 12.8. The smallest absolute Gasteiger partial charge is 0.191 e. The standard InChI is InChI=1S/C11H10FNO2/c1-8-13-10(6-14-8)7-15-11-4-2-3-9(12)5-11/h2-6H,7H2,1H3. The van der Waals surface area contributed by atoms with Crippen LogP contribution < -0.4 is 4.74 Å². The van der Waals surface area contributed by atoms with Gasteiger partial charge in [0.25, 0.3) is 0 Å². The number of oxazole rings is 1. The molecule has 3 nitrogen and oxygen atoms in total. The van der Waals surface area contributed by atoms with Gasteiger partial charge >= 0.3 is 0 Å². The molecule has 0 spiro atoms. The maximum absolute atomic E-state index is 12.8. The summed E-state index contributed by atoms with van der Waals surface area (Å²) in [5.74, 6) is 0.757. The Morgan fingerprint density at radius 2 is 2.33 bits per heavy atom. The molecule has 0 aliphatic heterocycles. The second-order valence-electron chi connectivity index (χ2n) is 3.10. The van der Waals surface area contributed by atoms with Crippen molar-refractivity contribution in [2.75, 3.05) is 0 Å². The Labute approximate surface area is 86.5 Å². The van der Waals surface area contributed by atoms with Gasteiger partial charge in [0.1, 0.15) is 30.1 Å². The maximum Gasteiger partial charge on any atom is 0.191 e. The monoisotopic (exact) mass is 207 g/mol. The number of benzene rings is 1. The summed E-state index contributed by atoms with van der Waals surface area (Å²) in [7, 11) is 0. The van der Waals surface area contributed by atoms with Crippen LogP contribution in [0.2, 0.25) is 0 Å². The van der Waals surface area contributed by atoms with Gasteiger partial charge in [-0.25, -0.2) is 9.37 Å². The van der Waals surface area contributed by atoms with Crippen LogP contribution in [0.1, 0.15) is 11.6 Å². The molecule has 2 aromatic rings. The van der Waals surface area contributed by atoms with E-state index in [9.17, 15) is 4.39 Å². The first kappa shape index (κ1) is 9.71. The predicted molar refractivity (Wildman–Crippen MR) is 52.0 cm³/mol. The molecule has 0 saturated carbocycles. The van der Waals surface area contributed by atoms with E-state index in [1.807, 2.05) is 0 Å². The molecule has 1 aromatic heterocycles. The van der Waals surface area contributed by atoms with Crippen molar-refractivity contribution in [2.45, 2.75) is 13.5 Å². The van der Waals surface area contributed by atoms with Gasteiger partial charge in [0.05, 0.1) is 0 Å². The highest BCUT2D eigenvalue weighted by atomic mass is 19.1. The van der Waals surface area contributed by atoms with E-state index in [-0.39, 0.29) is 12.4 Å². The van der Waals surface area contributed by atoms with Crippen LogP contribution in [0.4, 0.5) is 4.39 Å². The first-order valence-corrected chi connectivity index (χ1v) is 4.53. The average Bonchev–Trinajstić information content (AvgIpc) is 2.62. The normalized spacial score (nSPS) is 10.3. The summed E-state index contributed by atoms with van der Waals surface area (Å²) in [6.07, 6.45) is 1.52. The molecule has 2 rings (SSSR count). The van der Waals surface area contributed by atoms with Crippen molar-refractivity contribution in [1.29, 1.82) is 0 Å². The predicted octanol–water partition coefficient (Wildman–Crippen LogP) is 2.70. The molecule has 1 heterocycles. The molecule has 0 aliphatic carbocycles. The molecule has 1 aromatic carbocycles. The van der Waals surface area contributed by atoms with Crippen LogP contribution in [-0.4, -0.2) is 4.98 Å². The minimum atomic E-state index is -0.316. The van der Waals surface area contributed by atoms with Crippen molar-refractivity contribution < 1.29 is 13.5 Å². The van der Waals surface area contributed by atoms with Gasteiger partial charge in [-0.2, -0.15) is 0 Å². The highest BCUT2D eigenvalue weighted by molar-refractivity contribution is 5.22. The molecule has 78 valence electrons. The van der Waals surface area contributed by atoms with Gasteiger partial charge in [-0.15, -0.1) is 0 Å². The number of nitrogens with zero attached hydrogens (tertiary/aromatic N) is 1. The van der Waals surface area contributed by atoms with E-state index in [4.69, 9.17) is 9.15 Å². The van der Waals surface area contributed by atoms with Gasteiger partial charge in [-0.1, -0.05) is 6.07 Å². The highest BCUT2D eigenvalue weighted by Crippen LogP contribution is 2.13. The number of hydrogen-bond donors (Lipinski definition) is 0. The van der Waals surface area contributed by atoms with Crippen molar-refractivity contribution >= 4 is 0 Å². The molecule has 0 radical (unpaired) electrons. The van der Waals surface area contributed by atoms with E-state index in [1.54, 1.807) is 19.1 Å². The van der Waals surface area contributed by atoms with Crippen LogP contribution in [0.5, 0.6) is 5.75 Å². The molecule has 0 saturated heterocycles. The lowest BCUT2D eigenvalue weighted by molar-refractivity contribution is 0.299. The number of ether oxygens (including phenoxy) is 1. The minimum Gasteiger partial charge on any atom is -0.487 e. The zero-order valence-corrected chi connectivity index (χ0v) is 8.24. The van der Waals surface area contributed by atoms with Crippen molar-refractivity contribution in [3.63, 3.8) is 0 Å². The first-order chi connectivity index (χ1) is 7.24. The van der Waals surface area contributed by atoms with E-state index in [1.165, 1.54) is 18.4 Å². The summed E-state index contributed by atoms with van der Waals surface area (Å²) in [5, 5.41) is 0. The lowest BCUT2D eigenvalue weighted by Crippen LogP contribution is -1.95. The Morgan fingerprint density at radius 1 is 1.47 bits per heavy atom. The Morgan fingerprint density at radius 3 is 3.00 bits per heavy atom. The van der Waals surface area contributed by atoms with Crippen molar-refractivity contribution in [3.8, 4) is 5.75 Å².